The van der Waals surface area contributed by atoms with Gasteiger partial charge in [-0.25, -0.2) is 0 Å². The van der Waals surface area contributed by atoms with Gasteiger partial charge in [0.15, 0.2) is 0 Å². The molecule has 4 unspecified atom stereocenters. The van der Waals surface area contributed by atoms with Gasteiger partial charge in [0.2, 0.25) is 0 Å². The Bertz CT molecular complexity index is 845. The molecule has 0 aliphatic heterocycles. The summed E-state index contributed by atoms with van der Waals surface area (Å²) in [6.07, 6.45) is 3.78. The van der Waals surface area contributed by atoms with E-state index in [4.69, 9.17) is 45.0 Å². The lowest BCUT2D eigenvalue weighted by molar-refractivity contribution is -0.0157. The van der Waals surface area contributed by atoms with Crippen LogP contribution >= 0.6 is 21.7 Å². The molecule has 56 heavy (non-hydrogen) atoms. The van der Waals surface area contributed by atoms with Crippen LogP contribution in [0.1, 0.15) is 52.4 Å². The molecule has 0 bridgehead atoms. The number of hydrogen-bond acceptors (Lipinski definition) is 17. The van der Waals surface area contributed by atoms with Crippen LogP contribution in [0.25, 0.3) is 0 Å². The van der Waals surface area contributed by atoms with Gasteiger partial charge in [0.05, 0.1) is 103 Å². The third kappa shape index (κ3) is 27.7. The molecule has 0 aromatic rings. The summed E-state index contributed by atoms with van der Waals surface area (Å²) in [5.41, 5.74) is 5.65. The van der Waals surface area contributed by atoms with E-state index in [1.54, 1.807) is 42.7 Å². The average molecular weight is 856 g/mol. The van der Waals surface area contributed by atoms with Gasteiger partial charge in [-0.2, -0.15) is 0 Å². The van der Waals surface area contributed by atoms with Gasteiger partial charge in [0.25, 0.3) is 0 Å². The normalized spacial score (nSPS) is 15.5. The molecule has 0 aliphatic carbocycles. The van der Waals surface area contributed by atoms with E-state index in [2.05, 4.69) is 29.4 Å². The molecule has 0 aromatic carbocycles. The maximum absolute atomic E-state index is 10.9. The number of hydrogen-bond donors (Lipinski definition) is 6. The fourth-order valence-corrected chi connectivity index (χ4v) is 8.72. The van der Waals surface area contributed by atoms with Gasteiger partial charge in [-0.1, -0.05) is 33.1 Å². The fourth-order valence-electron chi connectivity index (χ4n) is 5.96. The maximum atomic E-state index is 10.9. The molecule has 0 saturated heterocycles. The Kier molecular flexibility index (Phi) is 36.8. The van der Waals surface area contributed by atoms with Crippen molar-refractivity contribution in [2.24, 2.45) is 11.7 Å². The monoisotopic (exact) mass is 856 g/mol. The number of aliphatic hydroxyl groups excluding tert-OH is 3. The lowest BCUT2D eigenvalue weighted by Crippen LogP contribution is -2.45. The molecule has 0 amide bonds. The molecule has 7 N–H and O–H groups in total. The predicted octanol–water partition coefficient (Wildman–Crippen LogP) is 1.84. The van der Waals surface area contributed by atoms with Crippen molar-refractivity contribution in [3.63, 3.8) is 0 Å². The molecule has 0 fully saturated rings. The molecule has 19 heteroatoms. The molecule has 0 aromatic heterocycles. The number of ether oxygens (including phenoxy) is 3. The van der Waals surface area contributed by atoms with Crippen LogP contribution in [-0.2, 0) is 39.3 Å². The van der Waals surface area contributed by atoms with Gasteiger partial charge in [-0.15, -0.1) is 0 Å². The molecule has 0 aliphatic rings. The average Bonchev–Trinajstić information content (AvgIpc) is 3.20. The summed E-state index contributed by atoms with van der Waals surface area (Å²) in [5, 5.41) is 39.4. The van der Waals surface area contributed by atoms with Crippen molar-refractivity contribution in [1.29, 1.82) is 0 Å². The number of rotatable bonds is 43. The molecular weight excluding hydrogens is 771 g/mol. The van der Waals surface area contributed by atoms with E-state index >= 15 is 0 Å². The van der Waals surface area contributed by atoms with Crippen molar-refractivity contribution < 1.29 is 54.6 Å². The quantitative estimate of drug-likeness (QED) is 0.0485. The SMILES string of the molecule is CCCCC(CC)COCC(O)CN(CCNCCN(CCNCCN)CC(O)COCCCS(OC)(OC)OC)CC(O)COCCCS(OC)(OC)OC. The number of aliphatic hydroxyl groups is 3. The van der Waals surface area contributed by atoms with E-state index in [9.17, 15) is 15.3 Å². The highest BCUT2D eigenvalue weighted by atomic mass is 32.3. The topological polar surface area (TPSA) is 200 Å². The largest absolute Gasteiger partial charge is 0.389 e. The molecule has 4 atom stereocenters. The van der Waals surface area contributed by atoms with E-state index in [0.29, 0.717) is 102 Å². The second kappa shape index (κ2) is 36.8. The summed E-state index contributed by atoms with van der Waals surface area (Å²) in [6.45, 7) is 13.1. The first kappa shape index (κ1) is 56.0. The molecular formula is C37H85N5O12S2. The highest BCUT2D eigenvalue weighted by Crippen LogP contribution is 2.50. The summed E-state index contributed by atoms with van der Waals surface area (Å²) in [6, 6.07) is 0. The van der Waals surface area contributed by atoms with Crippen molar-refractivity contribution in [2.45, 2.75) is 70.7 Å². The van der Waals surface area contributed by atoms with E-state index in [-0.39, 0.29) is 19.8 Å². The molecule has 0 saturated carbocycles. The van der Waals surface area contributed by atoms with Crippen LogP contribution in [0.3, 0.4) is 0 Å². The Hall–Kier alpha value is 0.0200. The Balaban J connectivity index is 5.07. The van der Waals surface area contributed by atoms with E-state index in [1.807, 2.05) is 4.90 Å². The van der Waals surface area contributed by atoms with Gasteiger partial charge in [0, 0.05) is 103 Å². The second-order valence-corrected chi connectivity index (χ2v) is 18.7. The third-order valence-corrected chi connectivity index (χ3v) is 13.9. The smallest absolute Gasteiger partial charge is 0.0900 e. The summed E-state index contributed by atoms with van der Waals surface area (Å²) in [7, 11) is 5.33. The Labute approximate surface area is 344 Å². The van der Waals surface area contributed by atoms with Crippen molar-refractivity contribution in [3.05, 3.63) is 0 Å². The molecule has 0 heterocycles. The van der Waals surface area contributed by atoms with Crippen LogP contribution in [0.4, 0.5) is 0 Å². The van der Waals surface area contributed by atoms with Crippen LogP contribution < -0.4 is 16.4 Å². The minimum Gasteiger partial charge on any atom is -0.389 e. The lowest BCUT2D eigenvalue weighted by atomic mass is 10.0. The summed E-state index contributed by atoms with van der Waals surface area (Å²) in [5.74, 6) is 1.63. The van der Waals surface area contributed by atoms with Crippen molar-refractivity contribution >= 4 is 21.7 Å². The minimum atomic E-state index is -2.05. The number of nitrogens with zero attached hydrogens (tertiary/aromatic N) is 2. The molecule has 0 radical (unpaired) electrons. The van der Waals surface area contributed by atoms with Crippen LogP contribution in [0.5, 0.6) is 0 Å². The first-order valence-electron chi connectivity index (χ1n) is 20.3. The first-order chi connectivity index (χ1) is 27.0. The Morgan fingerprint density at radius 1 is 0.554 bits per heavy atom. The van der Waals surface area contributed by atoms with Gasteiger partial charge < -0.3 is 45.9 Å². The summed E-state index contributed by atoms with van der Waals surface area (Å²) >= 11 is 0. The van der Waals surface area contributed by atoms with Gasteiger partial charge in [0.1, 0.15) is 0 Å². The standard InChI is InChI=1S/C37H85N5O12S2/c1-9-11-14-34(10-2)30-54-33-37(45)29-42(28-36(44)32-53-24-13-26-56(49-6,50-7)51-8)22-19-40-18-21-41(20-17-39-16-15-38)27-35(43)31-52-23-12-25-55(46-3,47-4)48-5/h34-37,39-40,43-45H,9-33,38H2,1-8H3. The van der Waals surface area contributed by atoms with Crippen LogP contribution in [0.2, 0.25) is 0 Å². The predicted molar refractivity (Wildman–Crippen MR) is 228 cm³/mol. The molecule has 342 valence electrons. The second-order valence-electron chi connectivity index (χ2n) is 13.6. The zero-order valence-corrected chi connectivity index (χ0v) is 37.9. The Morgan fingerprint density at radius 2 is 0.964 bits per heavy atom. The highest BCUT2D eigenvalue weighted by Gasteiger charge is 2.24. The van der Waals surface area contributed by atoms with Gasteiger partial charge in [-0.05, 0) is 25.2 Å². The summed E-state index contributed by atoms with van der Waals surface area (Å²) in [4.78, 5) is 4.24. The van der Waals surface area contributed by atoms with E-state index in [0.717, 1.165) is 38.9 Å². The lowest BCUT2D eigenvalue weighted by Gasteiger charge is -2.33. The van der Waals surface area contributed by atoms with Gasteiger partial charge >= 0.3 is 0 Å². The maximum Gasteiger partial charge on any atom is 0.0900 e. The van der Waals surface area contributed by atoms with Gasteiger partial charge in [-0.3, -0.25) is 34.9 Å². The van der Waals surface area contributed by atoms with Crippen LogP contribution in [0, 0.1) is 5.92 Å². The number of unbranched alkanes of at least 4 members (excludes halogenated alkanes) is 1. The first-order valence-corrected chi connectivity index (χ1v) is 23.5. The highest BCUT2D eigenvalue weighted by molar-refractivity contribution is 8.22. The molecule has 0 rings (SSSR count). The van der Waals surface area contributed by atoms with Crippen molar-refractivity contribution in [3.8, 4) is 0 Å². The van der Waals surface area contributed by atoms with Crippen molar-refractivity contribution in [1.82, 2.24) is 20.4 Å². The summed E-state index contributed by atoms with van der Waals surface area (Å²) < 4.78 is 50.0. The zero-order valence-electron chi connectivity index (χ0n) is 36.3. The third-order valence-electron chi connectivity index (χ3n) is 9.26. The van der Waals surface area contributed by atoms with Crippen molar-refractivity contribution in [2.75, 3.05) is 166 Å². The molecule has 0 spiro atoms. The van der Waals surface area contributed by atoms with E-state index < -0.39 is 40.1 Å². The number of nitrogens with two attached hydrogens (primary N) is 1. The van der Waals surface area contributed by atoms with Crippen LogP contribution in [-0.4, -0.2) is 209 Å². The minimum absolute atomic E-state index is 0.163. The fraction of sp³-hybridized carbons (Fsp3) is 1.00. The van der Waals surface area contributed by atoms with E-state index in [1.165, 1.54) is 6.42 Å². The zero-order chi connectivity index (χ0) is 41.9. The van der Waals surface area contributed by atoms with Crippen LogP contribution in [0.15, 0.2) is 0 Å². The number of nitrogens with one attached hydrogen (secondary N) is 2. The molecule has 17 nitrogen and oxygen atoms in total. The Morgan fingerprint density at radius 3 is 1.38 bits per heavy atom.